The van der Waals surface area contributed by atoms with E-state index in [1.807, 2.05) is 0 Å². The van der Waals surface area contributed by atoms with Gasteiger partial charge >= 0.3 is 18.3 Å². The largest absolute Gasteiger partial charge is 0.497 e. The highest BCUT2D eigenvalue weighted by Crippen LogP contribution is 2.39. The SMILES string of the molecule is COc1ccc(Oc2cnc(CN)cn2)c(C(F)(F)F)c1.O=C(O)C(F)(F)F. The lowest BCUT2D eigenvalue weighted by atomic mass is 10.2. The minimum Gasteiger partial charge on any atom is -0.497 e. The molecule has 3 N–H and O–H groups in total. The van der Waals surface area contributed by atoms with Gasteiger partial charge in [0.1, 0.15) is 17.1 Å². The number of halogens is 6. The number of methoxy groups -OCH3 is 1. The van der Waals surface area contributed by atoms with Gasteiger partial charge in [0.25, 0.3) is 0 Å². The van der Waals surface area contributed by atoms with E-state index in [0.717, 1.165) is 6.07 Å². The van der Waals surface area contributed by atoms with E-state index in [0.29, 0.717) is 5.69 Å². The highest BCUT2D eigenvalue weighted by atomic mass is 19.4. The summed E-state index contributed by atoms with van der Waals surface area (Å²) in [5.74, 6) is -3.10. The van der Waals surface area contributed by atoms with Crippen LogP contribution in [0.4, 0.5) is 26.3 Å². The Kier molecular flexibility index (Phi) is 7.55. The summed E-state index contributed by atoms with van der Waals surface area (Å²) < 4.78 is 80.7. The van der Waals surface area contributed by atoms with Gasteiger partial charge in [-0.3, -0.25) is 4.98 Å². The fraction of sp³-hybridized carbons (Fsp3) is 0.267. The Labute approximate surface area is 153 Å². The molecule has 0 aliphatic carbocycles. The van der Waals surface area contributed by atoms with Crippen LogP contribution in [0.5, 0.6) is 17.4 Å². The molecule has 0 spiro atoms. The van der Waals surface area contributed by atoms with Gasteiger partial charge in [0.15, 0.2) is 0 Å². The van der Waals surface area contributed by atoms with Crippen LogP contribution in [0.3, 0.4) is 0 Å². The number of aromatic nitrogens is 2. The third-order valence-electron chi connectivity index (χ3n) is 2.84. The molecule has 0 radical (unpaired) electrons. The third kappa shape index (κ3) is 6.90. The molecule has 1 heterocycles. The minimum atomic E-state index is -5.08. The van der Waals surface area contributed by atoms with Crippen molar-refractivity contribution in [3.63, 3.8) is 0 Å². The van der Waals surface area contributed by atoms with Crippen molar-refractivity contribution in [2.45, 2.75) is 18.9 Å². The van der Waals surface area contributed by atoms with Crippen LogP contribution in [0.1, 0.15) is 11.3 Å². The van der Waals surface area contributed by atoms with Crippen molar-refractivity contribution in [3.05, 3.63) is 41.9 Å². The van der Waals surface area contributed by atoms with Crippen LogP contribution in [0.25, 0.3) is 0 Å². The van der Waals surface area contributed by atoms with Crippen LogP contribution < -0.4 is 15.2 Å². The van der Waals surface area contributed by atoms with Gasteiger partial charge in [0, 0.05) is 6.54 Å². The first kappa shape index (κ1) is 23.0. The predicted molar refractivity (Wildman–Crippen MR) is 81.7 cm³/mol. The number of nitrogens with zero attached hydrogens (tertiary/aromatic N) is 2. The Morgan fingerprint density at radius 1 is 1.14 bits per heavy atom. The van der Waals surface area contributed by atoms with Gasteiger partial charge in [0.05, 0.1) is 25.2 Å². The Morgan fingerprint density at radius 3 is 2.14 bits per heavy atom. The number of rotatable bonds is 4. The average molecular weight is 413 g/mol. The normalized spacial score (nSPS) is 11.3. The number of nitrogens with two attached hydrogens (primary N) is 1. The van der Waals surface area contributed by atoms with E-state index in [1.54, 1.807) is 0 Å². The lowest BCUT2D eigenvalue weighted by Gasteiger charge is -2.14. The summed E-state index contributed by atoms with van der Waals surface area (Å²) in [4.78, 5) is 16.6. The maximum atomic E-state index is 13.0. The van der Waals surface area contributed by atoms with Gasteiger partial charge in [-0.1, -0.05) is 0 Å². The average Bonchev–Trinajstić information content (AvgIpc) is 2.61. The van der Waals surface area contributed by atoms with Gasteiger partial charge in [-0.2, -0.15) is 26.3 Å². The molecule has 0 aliphatic heterocycles. The van der Waals surface area contributed by atoms with Crippen molar-refractivity contribution in [2.24, 2.45) is 5.73 Å². The molecule has 7 nitrogen and oxygen atoms in total. The summed E-state index contributed by atoms with van der Waals surface area (Å²) in [6.45, 7) is 0.184. The van der Waals surface area contributed by atoms with Gasteiger partial charge in [-0.15, -0.1) is 0 Å². The fourth-order valence-electron chi connectivity index (χ4n) is 1.56. The van der Waals surface area contributed by atoms with E-state index in [4.69, 9.17) is 25.1 Å². The monoisotopic (exact) mass is 413 g/mol. The second-order valence-electron chi connectivity index (χ2n) is 4.81. The number of carboxylic acids is 1. The molecule has 2 rings (SSSR count). The number of carboxylic acid groups (broad SMARTS) is 1. The summed E-state index contributed by atoms with van der Waals surface area (Å²) in [7, 11) is 1.28. The van der Waals surface area contributed by atoms with Crippen molar-refractivity contribution < 1.29 is 45.7 Å². The van der Waals surface area contributed by atoms with Crippen molar-refractivity contribution in [1.29, 1.82) is 0 Å². The minimum absolute atomic E-state index is 0.0529. The van der Waals surface area contributed by atoms with Crippen LogP contribution in [0.15, 0.2) is 30.6 Å². The zero-order valence-electron chi connectivity index (χ0n) is 14.0. The number of hydrogen-bond acceptors (Lipinski definition) is 6. The number of ether oxygens (including phenoxy) is 2. The molecule has 0 saturated carbocycles. The van der Waals surface area contributed by atoms with Crippen molar-refractivity contribution in [2.75, 3.05) is 7.11 Å². The Morgan fingerprint density at radius 2 is 1.75 bits per heavy atom. The quantitative estimate of drug-likeness (QED) is 0.740. The van der Waals surface area contributed by atoms with Crippen LogP contribution in [0, 0.1) is 0 Å². The summed E-state index contributed by atoms with van der Waals surface area (Å²) >= 11 is 0. The highest BCUT2D eigenvalue weighted by Gasteiger charge is 2.38. The van der Waals surface area contributed by atoms with Crippen LogP contribution >= 0.6 is 0 Å². The van der Waals surface area contributed by atoms with Crippen molar-refractivity contribution in [1.82, 2.24) is 9.97 Å². The van der Waals surface area contributed by atoms with Gasteiger partial charge in [-0.05, 0) is 18.2 Å². The molecule has 0 atom stereocenters. The first-order valence-electron chi connectivity index (χ1n) is 7.12. The van der Waals surface area contributed by atoms with Gasteiger partial charge in [0.2, 0.25) is 5.88 Å². The smallest absolute Gasteiger partial charge is 0.490 e. The van der Waals surface area contributed by atoms with Crippen LogP contribution in [-0.2, 0) is 17.5 Å². The van der Waals surface area contributed by atoms with Gasteiger partial charge < -0.3 is 20.3 Å². The Balaban J connectivity index is 0.000000480. The van der Waals surface area contributed by atoms with E-state index >= 15 is 0 Å². The molecule has 13 heteroatoms. The second-order valence-corrected chi connectivity index (χ2v) is 4.81. The molecule has 0 bridgehead atoms. The molecule has 0 aliphatic rings. The predicted octanol–water partition coefficient (Wildman–Crippen LogP) is 3.39. The summed E-state index contributed by atoms with van der Waals surface area (Å²) in [5.41, 5.74) is 4.91. The topological polar surface area (TPSA) is 108 Å². The highest BCUT2D eigenvalue weighted by molar-refractivity contribution is 5.73. The van der Waals surface area contributed by atoms with E-state index in [2.05, 4.69) is 9.97 Å². The van der Waals surface area contributed by atoms with E-state index in [9.17, 15) is 26.3 Å². The molecule has 0 fully saturated rings. The van der Waals surface area contributed by atoms with E-state index in [1.165, 1.54) is 31.6 Å². The summed E-state index contributed by atoms with van der Waals surface area (Å²) in [6, 6.07) is 3.39. The maximum absolute atomic E-state index is 13.0. The molecule has 28 heavy (non-hydrogen) atoms. The summed E-state index contributed by atoms with van der Waals surface area (Å²) in [6.07, 6.45) is -7.10. The number of aliphatic carboxylic acids is 1. The van der Waals surface area contributed by atoms with Crippen molar-refractivity contribution >= 4 is 5.97 Å². The van der Waals surface area contributed by atoms with Gasteiger partial charge in [-0.25, -0.2) is 9.78 Å². The van der Waals surface area contributed by atoms with Crippen LogP contribution in [-0.4, -0.2) is 34.3 Å². The lowest BCUT2D eigenvalue weighted by molar-refractivity contribution is -0.192. The molecule has 1 aromatic heterocycles. The van der Waals surface area contributed by atoms with Crippen molar-refractivity contribution in [3.8, 4) is 17.4 Å². The first-order chi connectivity index (χ1) is 12.9. The molecule has 1 aromatic carbocycles. The van der Waals surface area contributed by atoms with E-state index < -0.39 is 23.9 Å². The second kappa shape index (κ2) is 9.21. The standard InChI is InChI=1S/C13H12F3N3O2.C2HF3O2/c1-20-9-2-3-11(10(4-9)13(14,15)16)21-12-7-18-8(5-17)6-19-12;3-2(4,5)1(6)7/h2-4,6-7H,5,17H2,1H3;(H,6,7). The first-order valence-corrected chi connectivity index (χ1v) is 7.12. The third-order valence-corrected chi connectivity index (χ3v) is 2.84. The molecular formula is C15H13F6N3O4. The molecule has 0 unspecified atom stereocenters. The Bertz CT molecular complexity index is 794. The number of carbonyl (C=O) groups is 1. The van der Waals surface area contributed by atoms with E-state index in [-0.39, 0.29) is 23.9 Å². The lowest BCUT2D eigenvalue weighted by Crippen LogP contribution is -2.21. The summed E-state index contributed by atoms with van der Waals surface area (Å²) in [5, 5.41) is 7.12. The molecule has 2 aromatic rings. The number of alkyl halides is 6. The molecule has 154 valence electrons. The zero-order valence-corrected chi connectivity index (χ0v) is 14.0. The number of hydrogen-bond donors (Lipinski definition) is 2. The molecule has 0 amide bonds. The fourth-order valence-corrected chi connectivity index (χ4v) is 1.56. The molecular weight excluding hydrogens is 400 g/mol. The zero-order chi connectivity index (χ0) is 21.5. The maximum Gasteiger partial charge on any atom is 0.490 e. The van der Waals surface area contributed by atoms with Crippen LogP contribution in [0.2, 0.25) is 0 Å². The Hall–Kier alpha value is -3.09. The number of benzene rings is 1. The molecule has 0 saturated heterocycles.